The Balaban J connectivity index is 2.01. The molecule has 0 amide bonds. The summed E-state index contributed by atoms with van der Waals surface area (Å²) in [6, 6.07) is 1.36. The van der Waals surface area contributed by atoms with Gasteiger partial charge in [-0.25, -0.2) is 9.78 Å². The zero-order valence-corrected chi connectivity index (χ0v) is 9.45. The molecule has 8 nitrogen and oxygen atoms in total. The minimum absolute atomic E-state index is 0.0354. The zero-order valence-electron chi connectivity index (χ0n) is 9.45. The number of pyridine rings is 1. The first kappa shape index (κ1) is 11.8. The van der Waals surface area contributed by atoms with E-state index < -0.39 is 5.97 Å². The molecule has 2 rings (SSSR count). The van der Waals surface area contributed by atoms with Gasteiger partial charge in [0.1, 0.15) is 5.82 Å². The summed E-state index contributed by atoms with van der Waals surface area (Å²) in [4.78, 5) is 14.9. The topological polar surface area (TPSA) is 119 Å². The molecule has 0 aromatic carbocycles. The first-order chi connectivity index (χ1) is 8.68. The van der Waals surface area contributed by atoms with Gasteiger partial charge in [0.25, 0.3) is 0 Å². The lowest BCUT2D eigenvalue weighted by Crippen LogP contribution is -2.14. The fourth-order valence-electron chi connectivity index (χ4n) is 1.44. The Bertz CT molecular complexity index is 539. The smallest absolute Gasteiger partial charge is 0.337 e. The number of carboxylic acids is 1. The van der Waals surface area contributed by atoms with E-state index in [-0.39, 0.29) is 11.3 Å². The first-order valence-corrected chi connectivity index (χ1v) is 5.24. The molecule has 18 heavy (non-hydrogen) atoms. The number of anilines is 2. The van der Waals surface area contributed by atoms with E-state index in [0.29, 0.717) is 18.9 Å². The Kier molecular flexibility index (Phi) is 3.37. The minimum Gasteiger partial charge on any atom is -0.478 e. The summed E-state index contributed by atoms with van der Waals surface area (Å²) in [5.74, 6) is -0.718. The number of nitrogens with zero attached hydrogens (tertiary/aromatic N) is 4. The predicted molar refractivity (Wildman–Crippen MR) is 64.1 cm³/mol. The van der Waals surface area contributed by atoms with Crippen molar-refractivity contribution in [2.24, 2.45) is 0 Å². The highest BCUT2D eigenvalue weighted by Crippen LogP contribution is 2.19. The molecule has 2 aromatic heterocycles. The van der Waals surface area contributed by atoms with Gasteiger partial charge in [-0.3, -0.25) is 4.68 Å². The average Bonchev–Trinajstić information content (AvgIpc) is 2.84. The lowest BCUT2D eigenvalue weighted by atomic mass is 10.2. The highest BCUT2D eigenvalue weighted by Gasteiger charge is 2.11. The van der Waals surface area contributed by atoms with Gasteiger partial charge in [-0.2, -0.15) is 0 Å². The molecule has 0 aliphatic carbocycles. The fraction of sp³-hybridized carbons (Fsp3) is 0.200. The molecule has 94 valence electrons. The third-order valence-corrected chi connectivity index (χ3v) is 2.33. The Labute approximate surface area is 102 Å². The highest BCUT2D eigenvalue weighted by atomic mass is 16.4. The monoisotopic (exact) mass is 248 g/mol. The second kappa shape index (κ2) is 5.13. The van der Waals surface area contributed by atoms with E-state index in [0.717, 1.165) is 0 Å². The van der Waals surface area contributed by atoms with E-state index in [1.54, 1.807) is 17.1 Å². The summed E-state index contributed by atoms with van der Waals surface area (Å²) >= 11 is 0. The molecule has 2 aromatic rings. The molecule has 0 aliphatic rings. The van der Waals surface area contributed by atoms with E-state index in [4.69, 9.17) is 10.8 Å². The molecule has 0 saturated heterocycles. The molecular formula is C10H12N6O2. The van der Waals surface area contributed by atoms with Gasteiger partial charge < -0.3 is 16.2 Å². The van der Waals surface area contributed by atoms with Crippen molar-refractivity contribution in [3.8, 4) is 0 Å². The van der Waals surface area contributed by atoms with E-state index in [1.807, 2.05) is 0 Å². The molecule has 0 saturated carbocycles. The van der Waals surface area contributed by atoms with Gasteiger partial charge in [0.05, 0.1) is 24.0 Å². The van der Waals surface area contributed by atoms with Crippen LogP contribution in [0.3, 0.4) is 0 Å². The van der Waals surface area contributed by atoms with Crippen LogP contribution in [-0.2, 0) is 6.54 Å². The molecule has 0 spiro atoms. The van der Waals surface area contributed by atoms with Crippen LogP contribution in [0.25, 0.3) is 0 Å². The van der Waals surface area contributed by atoms with E-state index in [2.05, 4.69) is 20.6 Å². The predicted octanol–water partition coefficient (Wildman–Crippen LogP) is 0.0656. The Morgan fingerprint density at radius 3 is 3.00 bits per heavy atom. The Morgan fingerprint density at radius 2 is 2.33 bits per heavy atom. The van der Waals surface area contributed by atoms with Crippen LogP contribution < -0.4 is 11.1 Å². The lowest BCUT2D eigenvalue weighted by molar-refractivity contribution is 0.0698. The summed E-state index contributed by atoms with van der Waals surface area (Å²) in [5, 5.41) is 19.3. The largest absolute Gasteiger partial charge is 0.478 e. The number of rotatable bonds is 5. The van der Waals surface area contributed by atoms with Crippen LogP contribution in [0.1, 0.15) is 10.4 Å². The van der Waals surface area contributed by atoms with Gasteiger partial charge >= 0.3 is 5.97 Å². The number of nitrogens with one attached hydrogen (secondary N) is 1. The number of hydrogen-bond acceptors (Lipinski definition) is 6. The molecule has 4 N–H and O–H groups in total. The number of aromatic nitrogens is 4. The maximum absolute atomic E-state index is 10.9. The SMILES string of the molecule is Nc1c(C(=O)O)ccnc1NCCn1ccnn1. The van der Waals surface area contributed by atoms with Gasteiger partial charge in [-0.1, -0.05) is 5.21 Å². The third-order valence-electron chi connectivity index (χ3n) is 2.33. The van der Waals surface area contributed by atoms with Crippen molar-refractivity contribution in [2.75, 3.05) is 17.6 Å². The molecule has 0 atom stereocenters. The summed E-state index contributed by atoms with van der Waals surface area (Å²) in [5.41, 5.74) is 5.87. The van der Waals surface area contributed by atoms with Crippen molar-refractivity contribution in [3.05, 3.63) is 30.2 Å². The Hall–Kier alpha value is -2.64. The minimum atomic E-state index is -1.07. The van der Waals surface area contributed by atoms with E-state index in [9.17, 15) is 4.79 Å². The normalized spacial score (nSPS) is 10.2. The number of nitrogens with two attached hydrogens (primary N) is 1. The van der Waals surface area contributed by atoms with Crippen molar-refractivity contribution in [3.63, 3.8) is 0 Å². The van der Waals surface area contributed by atoms with Gasteiger partial charge in [0, 0.05) is 18.9 Å². The number of nitrogen functional groups attached to an aromatic ring is 1. The summed E-state index contributed by atoms with van der Waals surface area (Å²) in [7, 11) is 0. The Morgan fingerprint density at radius 1 is 1.50 bits per heavy atom. The van der Waals surface area contributed by atoms with Crippen LogP contribution in [0.15, 0.2) is 24.7 Å². The van der Waals surface area contributed by atoms with Crippen LogP contribution in [0.5, 0.6) is 0 Å². The third kappa shape index (κ3) is 2.54. The molecule has 2 heterocycles. The fourth-order valence-corrected chi connectivity index (χ4v) is 1.44. The van der Waals surface area contributed by atoms with Gasteiger partial charge in [0.2, 0.25) is 0 Å². The van der Waals surface area contributed by atoms with Crippen molar-refractivity contribution in [1.29, 1.82) is 0 Å². The maximum atomic E-state index is 10.9. The quantitative estimate of drug-likeness (QED) is 0.684. The number of carbonyl (C=O) groups is 1. The summed E-state index contributed by atoms with van der Waals surface area (Å²) < 4.78 is 1.64. The molecular weight excluding hydrogens is 236 g/mol. The first-order valence-electron chi connectivity index (χ1n) is 5.24. The van der Waals surface area contributed by atoms with Crippen LogP contribution in [0, 0.1) is 0 Å². The van der Waals surface area contributed by atoms with Crippen LogP contribution in [0.4, 0.5) is 11.5 Å². The molecule has 0 fully saturated rings. The second-order valence-electron chi connectivity index (χ2n) is 3.52. The molecule has 0 unspecified atom stereocenters. The highest BCUT2D eigenvalue weighted by molar-refractivity contribution is 5.96. The number of carboxylic acid groups (broad SMARTS) is 1. The van der Waals surface area contributed by atoms with Crippen molar-refractivity contribution in [2.45, 2.75) is 6.54 Å². The average molecular weight is 248 g/mol. The second-order valence-corrected chi connectivity index (χ2v) is 3.52. The number of hydrogen-bond donors (Lipinski definition) is 3. The summed E-state index contributed by atoms with van der Waals surface area (Å²) in [6.45, 7) is 1.10. The van der Waals surface area contributed by atoms with Crippen molar-refractivity contribution in [1.82, 2.24) is 20.0 Å². The van der Waals surface area contributed by atoms with E-state index in [1.165, 1.54) is 12.3 Å². The van der Waals surface area contributed by atoms with Crippen molar-refractivity contribution < 1.29 is 9.90 Å². The molecule has 0 aliphatic heterocycles. The maximum Gasteiger partial charge on any atom is 0.337 e. The lowest BCUT2D eigenvalue weighted by Gasteiger charge is -2.09. The molecule has 0 bridgehead atoms. The summed E-state index contributed by atoms with van der Waals surface area (Å²) in [6.07, 6.45) is 4.71. The van der Waals surface area contributed by atoms with E-state index >= 15 is 0 Å². The standard InChI is InChI=1S/C10H12N6O2/c11-8-7(10(17)18)1-2-12-9(8)13-3-5-16-6-4-14-15-16/h1-2,4,6H,3,5,11H2,(H,12,13)(H,17,18). The molecule has 8 heteroatoms. The zero-order chi connectivity index (χ0) is 13.0. The van der Waals surface area contributed by atoms with Gasteiger partial charge in [-0.15, -0.1) is 5.10 Å². The number of aromatic carboxylic acids is 1. The van der Waals surface area contributed by atoms with Crippen LogP contribution in [0.2, 0.25) is 0 Å². The van der Waals surface area contributed by atoms with Crippen LogP contribution in [-0.4, -0.2) is 37.6 Å². The van der Waals surface area contributed by atoms with Crippen molar-refractivity contribution >= 4 is 17.5 Å². The molecule has 0 radical (unpaired) electrons. The van der Waals surface area contributed by atoms with Gasteiger partial charge in [0.15, 0.2) is 0 Å². The van der Waals surface area contributed by atoms with Gasteiger partial charge in [-0.05, 0) is 6.07 Å². The van der Waals surface area contributed by atoms with Crippen LogP contribution >= 0.6 is 0 Å².